The Morgan fingerprint density at radius 2 is 1.90 bits per heavy atom. The number of amides is 1. The van der Waals surface area contributed by atoms with E-state index in [2.05, 4.69) is 33.4 Å². The van der Waals surface area contributed by atoms with Crippen molar-refractivity contribution in [3.05, 3.63) is 78.8 Å². The van der Waals surface area contributed by atoms with Crippen molar-refractivity contribution in [3.63, 3.8) is 0 Å². The molecule has 9 nitrogen and oxygen atoms in total. The summed E-state index contributed by atoms with van der Waals surface area (Å²) in [7, 11) is 2.08. The molecule has 41 heavy (non-hydrogen) atoms. The minimum absolute atomic E-state index is 0.0426. The first-order chi connectivity index (χ1) is 20.0. The first-order valence-corrected chi connectivity index (χ1v) is 14.2. The van der Waals surface area contributed by atoms with Crippen molar-refractivity contribution in [2.45, 2.75) is 31.8 Å². The number of anilines is 1. The van der Waals surface area contributed by atoms with E-state index in [4.69, 9.17) is 15.2 Å². The molecule has 4 heterocycles. The summed E-state index contributed by atoms with van der Waals surface area (Å²) in [6.45, 7) is 5.71. The van der Waals surface area contributed by atoms with Gasteiger partial charge in [-0.15, -0.1) is 0 Å². The summed E-state index contributed by atoms with van der Waals surface area (Å²) >= 11 is 0. The number of hydrogen-bond acceptors (Lipinski definition) is 7. The molecular formula is C32H36N6O3. The first kappa shape index (κ1) is 27.0. The van der Waals surface area contributed by atoms with E-state index in [1.54, 1.807) is 6.08 Å². The number of para-hydroxylation sites is 1. The summed E-state index contributed by atoms with van der Waals surface area (Å²) in [5, 5.41) is 0.838. The minimum Gasteiger partial charge on any atom is -0.457 e. The Morgan fingerprint density at radius 3 is 2.66 bits per heavy atom. The zero-order chi connectivity index (χ0) is 28.3. The molecule has 2 saturated heterocycles. The van der Waals surface area contributed by atoms with Gasteiger partial charge in [-0.3, -0.25) is 9.69 Å². The molecule has 2 N–H and O–H groups in total. The summed E-state index contributed by atoms with van der Waals surface area (Å²) in [5.74, 6) is 2.03. The van der Waals surface area contributed by atoms with E-state index in [9.17, 15) is 4.79 Å². The number of hydrogen-bond donors (Lipinski definition) is 1. The number of rotatable bonds is 8. The van der Waals surface area contributed by atoms with E-state index in [1.807, 2.05) is 65.6 Å². The smallest absolute Gasteiger partial charge is 0.246 e. The van der Waals surface area contributed by atoms with Crippen molar-refractivity contribution in [2.75, 3.05) is 45.6 Å². The molecule has 4 aromatic rings. The normalized spacial score (nSPS) is 19.1. The van der Waals surface area contributed by atoms with Crippen molar-refractivity contribution in [1.29, 1.82) is 0 Å². The SMILES string of the molecule is Cc1c(-c2ccc(Oc3ccccc3)cc2)c2c(N)ncnc2n1[C@@H]1CCN(C(=O)/C=C/CN(C)C2CCOC2)C1. The van der Waals surface area contributed by atoms with E-state index < -0.39 is 0 Å². The Hall–Kier alpha value is -4.21. The Bertz CT molecular complexity index is 1540. The van der Waals surface area contributed by atoms with Crippen LogP contribution in [-0.4, -0.2) is 76.2 Å². The van der Waals surface area contributed by atoms with E-state index >= 15 is 0 Å². The molecule has 6 rings (SSSR count). The van der Waals surface area contributed by atoms with Crippen molar-refractivity contribution in [2.24, 2.45) is 0 Å². The van der Waals surface area contributed by atoms with Crippen LogP contribution in [0.15, 0.2) is 73.1 Å². The van der Waals surface area contributed by atoms with Gasteiger partial charge in [-0.2, -0.15) is 0 Å². The molecule has 9 heteroatoms. The third-order valence-electron chi connectivity index (χ3n) is 8.20. The van der Waals surface area contributed by atoms with Crippen molar-refractivity contribution >= 4 is 22.8 Å². The zero-order valence-electron chi connectivity index (χ0n) is 23.6. The van der Waals surface area contributed by atoms with Crippen LogP contribution in [0.3, 0.4) is 0 Å². The summed E-state index contributed by atoms with van der Waals surface area (Å²) < 4.78 is 13.7. The number of carbonyl (C=O) groups excluding carboxylic acids is 1. The van der Waals surface area contributed by atoms with Gasteiger partial charge in [-0.05, 0) is 56.6 Å². The van der Waals surface area contributed by atoms with Gasteiger partial charge in [0, 0.05) is 49.6 Å². The number of carbonyl (C=O) groups is 1. The number of nitrogens with zero attached hydrogens (tertiary/aromatic N) is 5. The van der Waals surface area contributed by atoms with Crippen LogP contribution in [0.5, 0.6) is 11.5 Å². The lowest BCUT2D eigenvalue weighted by molar-refractivity contribution is -0.125. The monoisotopic (exact) mass is 552 g/mol. The molecule has 212 valence electrons. The van der Waals surface area contributed by atoms with Crippen molar-refractivity contribution in [3.8, 4) is 22.6 Å². The van der Waals surface area contributed by atoms with Gasteiger partial charge in [-0.1, -0.05) is 36.4 Å². The number of aromatic nitrogens is 3. The summed E-state index contributed by atoms with van der Waals surface area (Å²) in [5.41, 5.74) is 10.3. The second-order valence-corrected chi connectivity index (χ2v) is 10.8. The molecule has 0 bridgehead atoms. The number of benzene rings is 2. The van der Waals surface area contributed by atoms with Crippen LogP contribution in [0.2, 0.25) is 0 Å². The summed E-state index contributed by atoms with van der Waals surface area (Å²) in [4.78, 5) is 26.2. The highest BCUT2D eigenvalue weighted by Gasteiger charge is 2.31. The molecule has 2 aliphatic heterocycles. The Morgan fingerprint density at radius 1 is 1.12 bits per heavy atom. The average Bonchev–Trinajstić information content (AvgIpc) is 3.74. The standard InChI is InChI=1S/C32H36N6O3/c1-22-29(23-10-12-27(13-11-23)41-26-7-4-3-5-8-26)30-31(33)34-21-35-32(30)38(22)24-14-17-37(19-24)28(39)9-6-16-36(2)25-15-18-40-20-25/h3-13,21,24-25H,14-20H2,1-2H3,(H2,33,34,35)/b9-6+/t24-,25?/m1/s1. The molecule has 2 aromatic carbocycles. The average molecular weight is 553 g/mol. The van der Waals surface area contributed by atoms with Crippen molar-refractivity contribution < 1.29 is 14.3 Å². The fourth-order valence-corrected chi connectivity index (χ4v) is 5.98. The summed E-state index contributed by atoms with van der Waals surface area (Å²) in [6, 6.07) is 18.2. The number of likely N-dealkylation sites (tertiary alicyclic amines) is 1. The zero-order valence-corrected chi connectivity index (χ0v) is 23.6. The molecule has 2 aromatic heterocycles. The Kier molecular flexibility index (Phi) is 7.71. The number of likely N-dealkylation sites (N-methyl/N-ethyl adjacent to an activating group) is 1. The fraction of sp³-hybridized carbons (Fsp3) is 0.344. The van der Waals surface area contributed by atoms with Crippen LogP contribution in [-0.2, 0) is 9.53 Å². The predicted octanol–water partition coefficient (Wildman–Crippen LogP) is 4.83. The molecule has 0 aliphatic carbocycles. The molecule has 2 atom stereocenters. The third kappa shape index (κ3) is 5.55. The van der Waals surface area contributed by atoms with Crippen LogP contribution >= 0.6 is 0 Å². The molecule has 2 aliphatic rings. The molecule has 0 radical (unpaired) electrons. The van der Waals surface area contributed by atoms with Gasteiger partial charge in [0.25, 0.3) is 0 Å². The van der Waals surface area contributed by atoms with Crippen LogP contribution in [0, 0.1) is 6.92 Å². The van der Waals surface area contributed by atoms with Crippen LogP contribution in [0.1, 0.15) is 24.6 Å². The lowest BCUT2D eigenvalue weighted by Crippen LogP contribution is -2.32. The molecule has 0 saturated carbocycles. The van der Waals surface area contributed by atoms with Crippen LogP contribution in [0.25, 0.3) is 22.2 Å². The predicted molar refractivity (Wildman–Crippen MR) is 160 cm³/mol. The number of ether oxygens (including phenoxy) is 2. The Balaban J connectivity index is 1.21. The minimum atomic E-state index is 0.0426. The number of fused-ring (bicyclic) bond motifs is 1. The van der Waals surface area contributed by atoms with Gasteiger partial charge < -0.3 is 24.7 Å². The van der Waals surface area contributed by atoms with Crippen LogP contribution in [0.4, 0.5) is 5.82 Å². The van der Waals surface area contributed by atoms with Gasteiger partial charge in [0.15, 0.2) is 0 Å². The largest absolute Gasteiger partial charge is 0.457 e. The highest BCUT2D eigenvalue weighted by atomic mass is 16.5. The van der Waals surface area contributed by atoms with E-state index in [1.165, 1.54) is 6.33 Å². The van der Waals surface area contributed by atoms with E-state index in [0.717, 1.165) is 72.0 Å². The second-order valence-electron chi connectivity index (χ2n) is 10.8. The molecular weight excluding hydrogens is 516 g/mol. The van der Waals surface area contributed by atoms with E-state index in [0.29, 0.717) is 24.9 Å². The molecule has 2 fully saturated rings. The third-order valence-corrected chi connectivity index (χ3v) is 8.20. The van der Waals surface area contributed by atoms with Crippen molar-refractivity contribution in [1.82, 2.24) is 24.3 Å². The maximum atomic E-state index is 13.0. The van der Waals surface area contributed by atoms with Gasteiger partial charge in [-0.25, -0.2) is 9.97 Å². The molecule has 1 unspecified atom stereocenters. The highest BCUT2D eigenvalue weighted by Crippen LogP contribution is 2.40. The Labute approximate surface area is 240 Å². The number of nitrogens with two attached hydrogens (primary N) is 1. The topological polar surface area (TPSA) is 98.7 Å². The first-order valence-electron chi connectivity index (χ1n) is 14.2. The quantitative estimate of drug-likeness (QED) is 0.313. The number of nitrogen functional groups attached to an aromatic ring is 1. The second kappa shape index (κ2) is 11.7. The van der Waals surface area contributed by atoms with Gasteiger partial charge >= 0.3 is 0 Å². The molecule has 0 spiro atoms. The van der Waals surface area contributed by atoms with Crippen LogP contribution < -0.4 is 10.5 Å². The fourth-order valence-electron chi connectivity index (χ4n) is 5.98. The lowest BCUT2D eigenvalue weighted by atomic mass is 10.0. The van der Waals surface area contributed by atoms with E-state index in [-0.39, 0.29) is 11.9 Å². The molecule has 1 amide bonds. The maximum absolute atomic E-state index is 13.0. The van der Waals surface area contributed by atoms with Gasteiger partial charge in [0.1, 0.15) is 29.3 Å². The summed E-state index contributed by atoms with van der Waals surface area (Å²) in [6.07, 6.45) is 7.07. The van der Waals surface area contributed by atoms with Gasteiger partial charge in [0.2, 0.25) is 5.91 Å². The lowest BCUT2D eigenvalue weighted by Gasteiger charge is -2.21. The highest BCUT2D eigenvalue weighted by molar-refractivity contribution is 6.02. The van der Waals surface area contributed by atoms with Gasteiger partial charge in [0.05, 0.1) is 18.0 Å². The maximum Gasteiger partial charge on any atom is 0.246 e.